The molecule has 29 heavy (non-hydrogen) atoms. The van der Waals surface area contributed by atoms with Crippen LogP contribution in [0.1, 0.15) is 105 Å². The Bertz CT molecular complexity index is 423. The first-order chi connectivity index (χ1) is 13.5. The Morgan fingerprint density at radius 1 is 0.621 bits per heavy atom. The molecule has 0 fully saturated rings. The third-order valence-electron chi connectivity index (χ3n) is 5.24. The molecule has 0 aromatic carbocycles. The Labute approximate surface area is 177 Å². The van der Waals surface area contributed by atoms with Crippen LogP contribution in [0.25, 0.3) is 0 Å². The van der Waals surface area contributed by atoms with E-state index in [2.05, 4.69) is 27.7 Å². The smallest absolute Gasteiger partial charge is 0.324 e. The van der Waals surface area contributed by atoms with Crippen molar-refractivity contribution in [2.75, 3.05) is 26.2 Å². The number of nitrogens with zero attached hydrogens (tertiary/aromatic N) is 1. The maximum absolute atomic E-state index is 10.7. The van der Waals surface area contributed by atoms with Crippen molar-refractivity contribution in [1.82, 2.24) is 0 Å². The second-order valence-electron chi connectivity index (χ2n) is 7.99. The fraction of sp³-hybridized carbons (Fsp3) is 1.00. The zero-order chi connectivity index (χ0) is 22.8. The molecule has 0 aromatic rings. The number of hydrogen-bond donors (Lipinski definition) is 1. The van der Waals surface area contributed by atoms with Gasteiger partial charge in [0.25, 0.3) is 0 Å². The zero-order valence-corrected chi connectivity index (χ0v) is 19.9. The molecule has 0 amide bonds. The quantitative estimate of drug-likeness (QED) is 0.120. The molecule has 0 bridgehead atoms. The first kappa shape index (κ1) is 30.9. The Morgan fingerprint density at radius 3 is 0.966 bits per heavy atom. The van der Waals surface area contributed by atoms with Gasteiger partial charge in [0.15, 0.2) is 0 Å². The lowest BCUT2D eigenvalue weighted by Gasteiger charge is -2.39. The number of hydrogen-bond acceptors (Lipinski definition) is 2. The van der Waals surface area contributed by atoms with Crippen LogP contribution in [0.4, 0.5) is 13.2 Å². The molecule has 0 heterocycles. The molecule has 0 aromatic heterocycles. The molecule has 0 saturated heterocycles. The normalized spacial score (nSPS) is 12.6. The van der Waals surface area contributed by atoms with Gasteiger partial charge in [-0.3, -0.25) is 4.55 Å². The summed E-state index contributed by atoms with van der Waals surface area (Å²) in [5.74, 6) is 0. The fourth-order valence-corrected chi connectivity index (χ4v) is 3.46. The van der Waals surface area contributed by atoms with Gasteiger partial charge in [0.1, 0.15) is 0 Å². The molecular weight excluding hydrogens is 403 g/mol. The molecule has 0 radical (unpaired) electrons. The summed E-state index contributed by atoms with van der Waals surface area (Å²) in [4.78, 5) is 0. The van der Waals surface area contributed by atoms with E-state index >= 15 is 0 Å². The highest BCUT2D eigenvalue weighted by Gasteiger charge is 2.44. The minimum atomic E-state index is -5.84. The number of alkyl halides is 3. The van der Waals surface area contributed by atoms with E-state index in [9.17, 15) is 13.2 Å². The standard InChI is InChI=1S/C20H44N.CHF3O3S/c1-5-9-13-17-21(18-14-10-6-2,19-15-11-7-3)20-16-12-8-4;2-1(3,4)8(5,6)7/h5-20H2,1-4H3;(H,5,6,7)/q+1;. The van der Waals surface area contributed by atoms with E-state index in [4.69, 9.17) is 13.0 Å². The average molecular weight is 449 g/mol. The van der Waals surface area contributed by atoms with Crippen molar-refractivity contribution in [1.29, 1.82) is 0 Å². The van der Waals surface area contributed by atoms with Crippen LogP contribution in [0.2, 0.25) is 0 Å². The molecule has 0 atom stereocenters. The van der Waals surface area contributed by atoms with Crippen molar-refractivity contribution < 1.29 is 30.6 Å². The van der Waals surface area contributed by atoms with Crippen LogP contribution in [0, 0.1) is 0 Å². The molecule has 0 saturated carbocycles. The van der Waals surface area contributed by atoms with E-state index < -0.39 is 15.6 Å². The minimum absolute atomic E-state index is 1.36. The zero-order valence-electron chi connectivity index (χ0n) is 19.1. The second-order valence-corrected chi connectivity index (χ2v) is 9.40. The van der Waals surface area contributed by atoms with Crippen molar-refractivity contribution in [3.63, 3.8) is 0 Å². The van der Waals surface area contributed by atoms with E-state index in [1.54, 1.807) is 0 Å². The van der Waals surface area contributed by atoms with Gasteiger partial charge in [-0.05, 0) is 51.4 Å². The third kappa shape index (κ3) is 17.1. The molecule has 0 aliphatic rings. The van der Waals surface area contributed by atoms with E-state index in [1.807, 2.05) is 0 Å². The Morgan fingerprint density at radius 2 is 0.828 bits per heavy atom. The van der Waals surface area contributed by atoms with Crippen LogP contribution < -0.4 is 0 Å². The molecule has 0 aliphatic heterocycles. The van der Waals surface area contributed by atoms with Gasteiger partial charge in [-0.15, -0.1) is 0 Å². The Hall–Kier alpha value is -0.340. The molecule has 1 N–H and O–H groups in total. The lowest BCUT2D eigenvalue weighted by Crippen LogP contribution is -2.50. The molecule has 4 nitrogen and oxygen atoms in total. The summed E-state index contributed by atoms with van der Waals surface area (Å²) in [7, 11) is -5.84. The molecule has 8 heteroatoms. The average Bonchev–Trinajstić information content (AvgIpc) is 2.61. The van der Waals surface area contributed by atoms with Crippen LogP contribution in [0.5, 0.6) is 0 Å². The van der Waals surface area contributed by atoms with E-state index in [0.29, 0.717) is 0 Å². The lowest BCUT2D eigenvalue weighted by atomic mass is 10.1. The molecule has 0 spiro atoms. The van der Waals surface area contributed by atoms with Crippen molar-refractivity contribution in [2.45, 2.75) is 110 Å². The Kier molecular flexibility index (Phi) is 18.5. The summed E-state index contributed by atoms with van der Waals surface area (Å²) in [6.07, 6.45) is 16.9. The van der Waals surface area contributed by atoms with E-state index in [0.717, 1.165) is 0 Å². The first-order valence-corrected chi connectivity index (χ1v) is 12.8. The van der Waals surface area contributed by atoms with Crippen molar-refractivity contribution in [3.8, 4) is 0 Å². The maximum Gasteiger partial charge on any atom is 0.522 e. The maximum atomic E-state index is 10.7. The van der Waals surface area contributed by atoms with Gasteiger partial charge in [0, 0.05) is 0 Å². The van der Waals surface area contributed by atoms with Crippen molar-refractivity contribution in [2.24, 2.45) is 0 Å². The van der Waals surface area contributed by atoms with Crippen LogP contribution in [-0.2, 0) is 10.1 Å². The van der Waals surface area contributed by atoms with Crippen molar-refractivity contribution in [3.05, 3.63) is 0 Å². The number of halogens is 3. The van der Waals surface area contributed by atoms with Crippen LogP contribution >= 0.6 is 0 Å². The second kappa shape index (κ2) is 17.4. The predicted molar refractivity (Wildman–Crippen MR) is 115 cm³/mol. The largest absolute Gasteiger partial charge is 0.522 e. The highest BCUT2D eigenvalue weighted by Crippen LogP contribution is 2.20. The van der Waals surface area contributed by atoms with Gasteiger partial charge in [-0.1, -0.05) is 53.4 Å². The SMILES string of the molecule is CCCCC[N+](CCCCC)(CCCCC)CCCCC.O=S(=O)(O)C(F)(F)F. The summed E-state index contributed by atoms with van der Waals surface area (Å²) in [5.41, 5.74) is -5.53. The highest BCUT2D eigenvalue weighted by molar-refractivity contribution is 7.86. The third-order valence-corrected chi connectivity index (χ3v) is 5.82. The van der Waals surface area contributed by atoms with Crippen LogP contribution in [0.3, 0.4) is 0 Å². The van der Waals surface area contributed by atoms with Crippen LogP contribution in [0.15, 0.2) is 0 Å². The summed E-state index contributed by atoms with van der Waals surface area (Å²) >= 11 is 0. The first-order valence-electron chi connectivity index (χ1n) is 11.4. The Balaban J connectivity index is 0. The molecule has 0 unspecified atom stereocenters. The summed E-state index contributed by atoms with van der Waals surface area (Å²) in [6, 6.07) is 0. The van der Waals surface area contributed by atoms with Gasteiger partial charge in [-0.2, -0.15) is 21.6 Å². The summed E-state index contributed by atoms with van der Waals surface area (Å²) in [6.45, 7) is 15.1. The van der Waals surface area contributed by atoms with Gasteiger partial charge in [0.2, 0.25) is 0 Å². The van der Waals surface area contributed by atoms with Crippen molar-refractivity contribution >= 4 is 10.1 Å². The predicted octanol–water partition coefficient (Wildman–Crippen LogP) is 6.96. The number of unbranched alkanes of at least 4 members (excludes halogenated alkanes) is 8. The highest BCUT2D eigenvalue weighted by atomic mass is 32.2. The monoisotopic (exact) mass is 448 g/mol. The van der Waals surface area contributed by atoms with Gasteiger partial charge >= 0.3 is 15.6 Å². The van der Waals surface area contributed by atoms with E-state index in [1.165, 1.54) is 108 Å². The van der Waals surface area contributed by atoms with Crippen LogP contribution in [-0.4, -0.2) is 49.1 Å². The number of quaternary nitrogens is 1. The van der Waals surface area contributed by atoms with Gasteiger partial charge in [0.05, 0.1) is 26.2 Å². The topological polar surface area (TPSA) is 54.4 Å². The van der Waals surface area contributed by atoms with E-state index in [-0.39, 0.29) is 0 Å². The van der Waals surface area contributed by atoms with Gasteiger partial charge in [-0.25, -0.2) is 0 Å². The molecule has 178 valence electrons. The fourth-order valence-electron chi connectivity index (χ4n) is 3.46. The molecule has 0 rings (SSSR count). The summed E-state index contributed by atoms with van der Waals surface area (Å²) in [5, 5.41) is 0. The lowest BCUT2D eigenvalue weighted by molar-refractivity contribution is -0.929. The summed E-state index contributed by atoms with van der Waals surface area (Å²) < 4.78 is 59.0. The van der Waals surface area contributed by atoms with Gasteiger partial charge < -0.3 is 4.48 Å². The molecule has 0 aliphatic carbocycles. The molecular formula is C21H45F3NO3S+. The minimum Gasteiger partial charge on any atom is -0.324 e. The number of rotatable bonds is 16.